The minimum atomic E-state index is 0.124. The molecule has 0 saturated heterocycles. The van der Waals surface area contributed by atoms with Gasteiger partial charge in [0.1, 0.15) is 0 Å². The van der Waals surface area contributed by atoms with Gasteiger partial charge >= 0.3 is 0 Å². The van der Waals surface area contributed by atoms with Crippen molar-refractivity contribution in [1.82, 2.24) is 0 Å². The molecule has 0 aliphatic carbocycles. The van der Waals surface area contributed by atoms with Gasteiger partial charge in [0.25, 0.3) is 0 Å². The zero-order valence-electron chi connectivity index (χ0n) is 12.4. The van der Waals surface area contributed by atoms with Crippen molar-refractivity contribution >= 4 is 11.5 Å². The number of anilines is 1. The van der Waals surface area contributed by atoms with Crippen LogP contribution in [0.4, 0.5) is 5.69 Å². The highest BCUT2D eigenvalue weighted by atomic mass is 16.4. The van der Waals surface area contributed by atoms with Crippen LogP contribution in [0.1, 0.15) is 36.5 Å². The molecule has 2 aromatic rings. The highest BCUT2D eigenvalue weighted by Gasteiger charge is 2.01. The van der Waals surface area contributed by atoms with Gasteiger partial charge in [-0.25, -0.2) is 0 Å². The zero-order valence-corrected chi connectivity index (χ0v) is 12.4. The van der Waals surface area contributed by atoms with Gasteiger partial charge in [-0.05, 0) is 29.2 Å². The van der Waals surface area contributed by atoms with E-state index in [1.165, 1.54) is 5.56 Å². The summed E-state index contributed by atoms with van der Waals surface area (Å²) in [5.74, 6) is 0.670. The lowest BCUT2D eigenvalue weighted by Gasteiger charge is -2.09. The maximum Gasteiger partial charge on any atom is 0.170 e. The number of oxime groups is 1. The number of benzene rings is 2. The van der Waals surface area contributed by atoms with Crippen LogP contribution in [0.5, 0.6) is 0 Å². The topological polar surface area (TPSA) is 70.6 Å². The second kappa shape index (κ2) is 6.79. The molecule has 0 aliphatic rings. The standard InChI is InChI=1S/C17H21N3O/c1-12(2)14-7-9-16(10-8-14)19-11-13-3-5-15(6-4-13)17(18)20-21/h3-10,12,19,21H,11H2,1-2H3,(H2,18,20). The van der Waals surface area contributed by atoms with Gasteiger partial charge in [0, 0.05) is 17.8 Å². The first-order valence-corrected chi connectivity index (χ1v) is 7.01. The number of hydrogen-bond donors (Lipinski definition) is 3. The fourth-order valence-corrected chi connectivity index (χ4v) is 2.04. The van der Waals surface area contributed by atoms with Gasteiger partial charge in [-0.15, -0.1) is 0 Å². The molecular weight excluding hydrogens is 262 g/mol. The summed E-state index contributed by atoms with van der Waals surface area (Å²) >= 11 is 0. The van der Waals surface area contributed by atoms with Crippen molar-refractivity contribution in [1.29, 1.82) is 0 Å². The van der Waals surface area contributed by atoms with Crippen molar-refractivity contribution in [2.45, 2.75) is 26.3 Å². The molecule has 0 atom stereocenters. The zero-order chi connectivity index (χ0) is 15.2. The largest absolute Gasteiger partial charge is 0.409 e. The van der Waals surface area contributed by atoms with Crippen LogP contribution in [0.15, 0.2) is 53.7 Å². The average molecular weight is 283 g/mol. The van der Waals surface area contributed by atoms with Crippen molar-refractivity contribution in [2.24, 2.45) is 10.9 Å². The normalized spacial score (nSPS) is 11.7. The van der Waals surface area contributed by atoms with E-state index in [9.17, 15) is 0 Å². The number of rotatable bonds is 5. The Morgan fingerprint density at radius 3 is 2.24 bits per heavy atom. The second-order valence-corrected chi connectivity index (χ2v) is 5.31. The third kappa shape index (κ3) is 3.99. The van der Waals surface area contributed by atoms with E-state index in [4.69, 9.17) is 10.9 Å². The summed E-state index contributed by atoms with van der Waals surface area (Å²) < 4.78 is 0. The molecule has 4 nitrogen and oxygen atoms in total. The molecule has 0 heterocycles. The summed E-state index contributed by atoms with van der Waals surface area (Å²) in [6, 6.07) is 16.1. The first-order valence-electron chi connectivity index (χ1n) is 7.01. The Hall–Kier alpha value is -2.49. The fourth-order valence-electron chi connectivity index (χ4n) is 2.04. The summed E-state index contributed by atoms with van der Waals surface area (Å²) in [5.41, 5.74) is 9.81. The number of nitrogens with two attached hydrogens (primary N) is 1. The van der Waals surface area contributed by atoms with Crippen LogP contribution in [0.25, 0.3) is 0 Å². The Bertz CT molecular complexity index is 601. The minimum absolute atomic E-state index is 0.124. The van der Waals surface area contributed by atoms with Crippen molar-refractivity contribution < 1.29 is 5.21 Å². The van der Waals surface area contributed by atoms with Crippen LogP contribution >= 0.6 is 0 Å². The molecule has 2 aromatic carbocycles. The number of nitrogens with zero attached hydrogens (tertiary/aromatic N) is 1. The highest BCUT2D eigenvalue weighted by Crippen LogP contribution is 2.17. The Labute approximate surface area is 125 Å². The second-order valence-electron chi connectivity index (χ2n) is 5.31. The van der Waals surface area contributed by atoms with Crippen LogP contribution < -0.4 is 11.1 Å². The third-order valence-electron chi connectivity index (χ3n) is 3.43. The minimum Gasteiger partial charge on any atom is -0.409 e. The first-order chi connectivity index (χ1) is 10.1. The Kier molecular flexibility index (Phi) is 4.82. The highest BCUT2D eigenvalue weighted by molar-refractivity contribution is 5.96. The maximum absolute atomic E-state index is 8.62. The summed E-state index contributed by atoms with van der Waals surface area (Å²) in [7, 11) is 0. The van der Waals surface area contributed by atoms with Gasteiger partial charge < -0.3 is 16.3 Å². The van der Waals surface area contributed by atoms with E-state index in [0.717, 1.165) is 17.8 Å². The molecule has 0 bridgehead atoms. The molecule has 0 aromatic heterocycles. The molecule has 0 spiro atoms. The van der Waals surface area contributed by atoms with E-state index in [1.54, 1.807) is 0 Å². The molecule has 0 aliphatic heterocycles. The Balaban J connectivity index is 1.96. The molecule has 0 saturated carbocycles. The number of nitrogens with one attached hydrogen (secondary N) is 1. The Morgan fingerprint density at radius 2 is 1.71 bits per heavy atom. The lowest BCUT2D eigenvalue weighted by atomic mass is 10.0. The van der Waals surface area contributed by atoms with Gasteiger partial charge in [0.05, 0.1) is 0 Å². The molecule has 4 N–H and O–H groups in total. The lowest BCUT2D eigenvalue weighted by Crippen LogP contribution is -2.13. The number of hydrogen-bond acceptors (Lipinski definition) is 3. The van der Waals surface area contributed by atoms with E-state index < -0.39 is 0 Å². The molecule has 2 rings (SSSR count). The predicted octanol–water partition coefficient (Wildman–Crippen LogP) is 3.52. The quantitative estimate of drug-likeness (QED) is 0.340. The van der Waals surface area contributed by atoms with E-state index in [0.29, 0.717) is 11.5 Å². The van der Waals surface area contributed by atoms with Crippen molar-refractivity contribution in [3.63, 3.8) is 0 Å². The monoisotopic (exact) mass is 283 g/mol. The summed E-state index contributed by atoms with van der Waals surface area (Å²) in [6.07, 6.45) is 0. The fraction of sp³-hybridized carbons (Fsp3) is 0.235. The van der Waals surface area contributed by atoms with Crippen LogP contribution in [0, 0.1) is 0 Å². The van der Waals surface area contributed by atoms with E-state index in [1.807, 2.05) is 24.3 Å². The summed E-state index contributed by atoms with van der Waals surface area (Å²) in [5, 5.41) is 15.0. The molecule has 110 valence electrons. The van der Waals surface area contributed by atoms with E-state index in [2.05, 4.69) is 48.6 Å². The van der Waals surface area contributed by atoms with E-state index >= 15 is 0 Å². The van der Waals surface area contributed by atoms with Crippen molar-refractivity contribution in [3.05, 3.63) is 65.2 Å². The van der Waals surface area contributed by atoms with Gasteiger partial charge in [-0.2, -0.15) is 0 Å². The molecule has 0 fully saturated rings. The van der Waals surface area contributed by atoms with Crippen molar-refractivity contribution in [2.75, 3.05) is 5.32 Å². The van der Waals surface area contributed by atoms with Gasteiger partial charge in [0.15, 0.2) is 5.84 Å². The van der Waals surface area contributed by atoms with Gasteiger partial charge in [-0.3, -0.25) is 0 Å². The van der Waals surface area contributed by atoms with Gasteiger partial charge in [0.2, 0.25) is 0 Å². The van der Waals surface area contributed by atoms with Crippen LogP contribution in [0.3, 0.4) is 0 Å². The Morgan fingerprint density at radius 1 is 1.10 bits per heavy atom. The predicted molar refractivity (Wildman–Crippen MR) is 86.8 cm³/mol. The average Bonchev–Trinajstić information content (AvgIpc) is 2.53. The SMILES string of the molecule is CC(C)c1ccc(NCc2ccc(C(N)=NO)cc2)cc1. The summed E-state index contributed by atoms with van der Waals surface area (Å²) in [6.45, 7) is 5.11. The van der Waals surface area contributed by atoms with Crippen molar-refractivity contribution in [3.8, 4) is 0 Å². The number of amidine groups is 1. The van der Waals surface area contributed by atoms with Crippen LogP contribution in [-0.2, 0) is 6.54 Å². The third-order valence-corrected chi connectivity index (χ3v) is 3.43. The smallest absolute Gasteiger partial charge is 0.170 e. The molecule has 0 amide bonds. The van der Waals surface area contributed by atoms with Gasteiger partial charge in [-0.1, -0.05) is 55.4 Å². The van der Waals surface area contributed by atoms with Crippen LogP contribution in [0.2, 0.25) is 0 Å². The molecule has 0 unspecified atom stereocenters. The first kappa shape index (κ1) is 14.9. The molecule has 0 radical (unpaired) electrons. The molecular formula is C17H21N3O. The lowest BCUT2D eigenvalue weighted by molar-refractivity contribution is 0.318. The molecule has 4 heteroatoms. The maximum atomic E-state index is 8.62. The van der Waals surface area contributed by atoms with Crippen LogP contribution in [-0.4, -0.2) is 11.0 Å². The summed E-state index contributed by atoms with van der Waals surface area (Å²) in [4.78, 5) is 0. The van der Waals surface area contributed by atoms with E-state index in [-0.39, 0.29) is 5.84 Å². The molecule has 21 heavy (non-hydrogen) atoms.